The van der Waals surface area contributed by atoms with Gasteiger partial charge in [0.05, 0.1) is 0 Å². The minimum Gasteiger partial charge on any atom is -0.456 e. The van der Waals surface area contributed by atoms with Crippen LogP contribution >= 0.6 is 0 Å². The minimum atomic E-state index is -0.245. The molecular weight excluding hydrogens is 188 g/mol. The molecule has 0 bridgehead atoms. The van der Waals surface area contributed by atoms with Crippen molar-refractivity contribution in [2.75, 3.05) is 0 Å². The molecule has 0 heterocycles. The Morgan fingerprint density at radius 1 is 1.27 bits per heavy atom. The van der Waals surface area contributed by atoms with Crippen molar-refractivity contribution < 1.29 is 9.53 Å². The zero-order chi connectivity index (χ0) is 11.7. The van der Waals surface area contributed by atoms with E-state index in [1.165, 1.54) is 0 Å². The third kappa shape index (κ3) is 3.08. The maximum absolute atomic E-state index is 11.8. The molecule has 0 saturated heterocycles. The first kappa shape index (κ1) is 12.3. The van der Waals surface area contributed by atoms with Crippen molar-refractivity contribution in [1.82, 2.24) is 0 Å². The number of esters is 1. The molecule has 0 aromatic carbocycles. The first-order valence-corrected chi connectivity index (χ1v) is 5.67. The van der Waals surface area contributed by atoms with Crippen molar-refractivity contribution >= 4 is 5.97 Å². The summed E-state index contributed by atoms with van der Waals surface area (Å²) in [5.41, 5.74) is 0.118. The summed E-state index contributed by atoms with van der Waals surface area (Å²) >= 11 is 0. The molecule has 0 N–H and O–H groups in total. The molecule has 0 radical (unpaired) electrons. The van der Waals surface area contributed by atoms with E-state index in [1.807, 2.05) is 27.7 Å². The fraction of sp³-hybridized carbons (Fsp3) is 0.769. The zero-order valence-corrected chi connectivity index (χ0v) is 10.4. The molecule has 1 aliphatic rings. The number of carbonyl (C=O) groups is 1. The van der Waals surface area contributed by atoms with E-state index in [-0.39, 0.29) is 17.0 Å². The van der Waals surface area contributed by atoms with Crippen LogP contribution in [0.3, 0.4) is 0 Å². The maximum atomic E-state index is 11.8. The zero-order valence-electron chi connectivity index (χ0n) is 10.4. The fourth-order valence-electron chi connectivity index (χ4n) is 1.82. The second-order valence-corrected chi connectivity index (χ2v) is 5.78. The van der Waals surface area contributed by atoms with E-state index in [0.29, 0.717) is 5.57 Å². The summed E-state index contributed by atoms with van der Waals surface area (Å²) in [4.78, 5) is 11.8. The molecule has 0 spiro atoms. The Morgan fingerprint density at radius 2 is 1.73 bits per heavy atom. The third-order valence-electron chi connectivity index (χ3n) is 3.15. The van der Waals surface area contributed by atoms with Gasteiger partial charge in [-0.05, 0) is 38.0 Å². The van der Waals surface area contributed by atoms with Gasteiger partial charge in [-0.1, -0.05) is 27.4 Å². The fourth-order valence-corrected chi connectivity index (χ4v) is 1.82. The highest BCUT2D eigenvalue weighted by Gasteiger charge is 2.34. The van der Waals surface area contributed by atoms with Crippen LogP contribution < -0.4 is 0 Å². The van der Waals surface area contributed by atoms with Gasteiger partial charge in [-0.15, -0.1) is 0 Å². The van der Waals surface area contributed by atoms with Crippen LogP contribution in [0.1, 0.15) is 53.4 Å². The molecule has 15 heavy (non-hydrogen) atoms. The van der Waals surface area contributed by atoms with E-state index in [0.717, 1.165) is 25.7 Å². The smallest absolute Gasteiger partial charge is 0.334 e. The Hall–Kier alpha value is -0.790. The van der Waals surface area contributed by atoms with Crippen LogP contribution in [0, 0.1) is 5.41 Å². The van der Waals surface area contributed by atoms with Crippen LogP contribution in [0.5, 0.6) is 0 Å². The molecule has 0 amide bonds. The predicted octanol–water partition coefficient (Wildman–Crippen LogP) is 3.46. The van der Waals surface area contributed by atoms with Crippen LogP contribution in [-0.4, -0.2) is 11.6 Å². The van der Waals surface area contributed by atoms with Crippen molar-refractivity contribution in [1.29, 1.82) is 0 Å². The second-order valence-electron chi connectivity index (χ2n) is 5.78. The Morgan fingerprint density at radius 3 is 2.13 bits per heavy atom. The highest BCUT2D eigenvalue weighted by Crippen LogP contribution is 2.34. The summed E-state index contributed by atoms with van der Waals surface area (Å²) in [6.07, 6.45) is 4.28. The molecule has 1 aliphatic carbocycles. The molecule has 2 nitrogen and oxygen atoms in total. The van der Waals surface area contributed by atoms with Crippen molar-refractivity contribution in [2.24, 2.45) is 5.41 Å². The second kappa shape index (κ2) is 3.99. The minimum absolute atomic E-state index is 0.202. The van der Waals surface area contributed by atoms with Gasteiger partial charge < -0.3 is 4.74 Å². The average Bonchev–Trinajstić information content (AvgIpc) is 2.48. The Balaban J connectivity index is 2.59. The van der Waals surface area contributed by atoms with Gasteiger partial charge in [0.2, 0.25) is 0 Å². The topological polar surface area (TPSA) is 26.3 Å². The van der Waals surface area contributed by atoms with E-state index >= 15 is 0 Å². The summed E-state index contributed by atoms with van der Waals surface area (Å²) in [5, 5.41) is 0. The van der Waals surface area contributed by atoms with Gasteiger partial charge in [0.15, 0.2) is 0 Å². The molecule has 0 aromatic heterocycles. The first-order chi connectivity index (χ1) is 6.75. The highest BCUT2D eigenvalue weighted by molar-refractivity contribution is 5.89. The lowest BCUT2D eigenvalue weighted by atomic mass is 9.87. The Bertz CT molecular complexity index is 265. The van der Waals surface area contributed by atoms with Gasteiger partial charge in [0.25, 0.3) is 0 Å². The largest absolute Gasteiger partial charge is 0.456 e. The molecule has 1 saturated carbocycles. The van der Waals surface area contributed by atoms with Crippen LogP contribution in [-0.2, 0) is 9.53 Å². The van der Waals surface area contributed by atoms with E-state index in [1.54, 1.807) is 0 Å². The third-order valence-corrected chi connectivity index (χ3v) is 3.15. The van der Waals surface area contributed by atoms with Crippen LogP contribution in [0.15, 0.2) is 12.2 Å². The van der Waals surface area contributed by atoms with Crippen molar-refractivity contribution in [3.8, 4) is 0 Å². The van der Waals surface area contributed by atoms with Gasteiger partial charge in [-0.25, -0.2) is 4.79 Å². The number of rotatable bonds is 2. The van der Waals surface area contributed by atoms with Gasteiger partial charge in [0, 0.05) is 5.57 Å². The molecule has 2 heteroatoms. The van der Waals surface area contributed by atoms with Crippen LogP contribution in [0.25, 0.3) is 0 Å². The molecule has 0 aromatic rings. The summed E-state index contributed by atoms with van der Waals surface area (Å²) in [7, 11) is 0. The molecule has 86 valence electrons. The Kier molecular flexibility index (Phi) is 3.27. The first-order valence-electron chi connectivity index (χ1n) is 5.67. The molecule has 0 unspecified atom stereocenters. The highest BCUT2D eigenvalue weighted by atomic mass is 16.6. The van der Waals surface area contributed by atoms with Crippen molar-refractivity contribution in [2.45, 2.75) is 59.0 Å². The summed E-state index contributed by atoms with van der Waals surface area (Å²) in [6, 6.07) is 0. The van der Waals surface area contributed by atoms with Crippen molar-refractivity contribution in [3.05, 3.63) is 12.2 Å². The number of hydrogen-bond acceptors (Lipinski definition) is 2. The van der Waals surface area contributed by atoms with Crippen LogP contribution in [0.4, 0.5) is 0 Å². The molecule has 1 fully saturated rings. The lowest BCUT2D eigenvalue weighted by molar-refractivity contribution is -0.153. The monoisotopic (exact) mass is 210 g/mol. The predicted molar refractivity (Wildman–Crippen MR) is 61.6 cm³/mol. The average molecular weight is 210 g/mol. The molecular formula is C13H22O2. The summed E-state index contributed by atoms with van der Waals surface area (Å²) in [6.45, 7) is 11.8. The molecule has 0 aliphatic heterocycles. The number of ether oxygens (including phenoxy) is 1. The summed E-state index contributed by atoms with van der Waals surface area (Å²) in [5.74, 6) is -0.230. The number of hydrogen-bond donors (Lipinski definition) is 0. The van der Waals surface area contributed by atoms with Crippen molar-refractivity contribution in [3.63, 3.8) is 0 Å². The standard InChI is InChI=1S/C13H22O2/c1-10(12(2,3)4)11(14)15-13(5)8-6-7-9-13/h1,6-9H2,2-5H3. The SMILES string of the molecule is C=C(C(=O)OC1(C)CCCC1)C(C)(C)C. The lowest BCUT2D eigenvalue weighted by Crippen LogP contribution is -2.31. The van der Waals surface area contributed by atoms with Gasteiger partial charge in [-0.2, -0.15) is 0 Å². The van der Waals surface area contributed by atoms with Gasteiger partial charge in [-0.3, -0.25) is 0 Å². The molecule has 0 atom stereocenters. The molecule has 1 rings (SSSR count). The van der Waals surface area contributed by atoms with E-state index in [9.17, 15) is 4.79 Å². The maximum Gasteiger partial charge on any atom is 0.334 e. The Labute approximate surface area is 92.7 Å². The summed E-state index contributed by atoms with van der Waals surface area (Å²) < 4.78 is 5.55. The van der Waals surface area contributed by atoms with E-state index in [4.69, 9.17) is 4.74 Å². The van der Waals surface area contributed by atoms with Crippen LogP contribution in [0.2, 0.25) is 0 Å². The number of carbonyl (C=O) groups excluding carboxylic acids is 1. The normalized spacial score (nSPS) is 20.0. The quantitative estimate of drug-likeness (QED) is 0.515. The van der Waals surface area contributed by atoms with Gasteiger partial charge in [0.1, 0.15) is 5.60 Å². The van der Waals surface area contributed by atoms with E-state index in [2.05, 4.69) is 6.58 Å². The van der Waals surface area contributed by atoms with E-state index < -0.39 is 0 Å². The lowest BCUT2D eigenvalue weighted by Gasteiger charge is -2.28. The van der Waals surface area contributed by atoms with Gasteiger partial charge >= 0.3 is 5.97 Å².